The molecular weight excluding hydrogens is 224 g/mol. The molecule has 4 heteroatoms. The van der Waals surface area contributed by atoms with Gasteiger partial charge in [-0.2, -0.15) is 0 Å². The van der Waals surface area contributed by atoms with Crippen molar-refractivity contribution in [3.05, 3.63) is 29.3 Å². The van der Waals surface area contributed by atoms with E-state index in [0.29, 0.717) is 0 Å². The predicted molar refractivity (Wildman–Crippen MR) is 63.4 cm³/mol. The molecule has 0 amide bonds. The number of carbonyl (C=O) groups is 2. The van der Waals surface area contributed by atoms with Crippen molar-refractivity contribution < 1.29 is 14.3 Å². The van der Waals surface area contributed by atoms with E-state index in [-0.39, 0.29) is 6.61 Å². The van der Waals surface area contributed by atoms with Gasteiger partial charge >= 0.3 is 11.1 Å². The summed E-state index contributed by atoms with van der Waals surface area (Å²) in [7, 11) is 0. The molecule has 1 rings (SSSR count). The Hall–Kier alpha value is -1.29. The van der Waals surface area contributed by atoms with Gasteiger partial charge in [-0.05, 0) is 55.8 Å². The normalized spacial score (nSPS) is 9.94. The Morgan fingerprint density at radius 2 is 1.75 bits per heavy atom. The van der Waals surface area contributed by atoms with Crippen molar-refractivity contribution >= 4 is 22.8 Å². The van der Waals surface area contributed by atoms with Gasteiger partial charge in [0, 0.05) is 4.90 Å². The summed E-state index contributed by atoms with van der Waals surface area (Å²) in [5.41, 5.74) is 2.14. The summed E-state index contributed by atoms with van der Waals surface area (Å²) in [4.78, 5) is 23.3. The fraction of sp³-hybridized carbons (Fsp3) is 0.333. The molecule has 0 aliphatic carbocycles. The highest BCUT2D eigenvalue weighted by Crippen LogP contribution is 2.22. The minimum atomic E-state index is -0.786. The van der Waals surface area contributed by atoms with Crippen molar-refractivity contribution in [1.82, 2.24) is 0 Å². The van der Waals surface area contributed by atoms with E-state index < -0.39 is 11.1 Å². The summed E-state index contributed by atoms with van der Waals surface area (Å²) in [5, 5.41) is -0.577. The maximum absolute atomic E-state index is 11.4. The Morgan fingerprint density at radius 3 is 2.25 bits per heavy atom. The lowest BCUT2D eigenvalue weighted by atomic mass is 10.2. The van der Waals surface area contributed by atoms with Gasteiger partial charge in [0.2, 0.25) is 0 Å². The van der Waals surface area contributed by atoms with Crippen molar-refractivity contribution in [1.29, 1.82) is 0 Å². The molecule has 0 aliphatic heterocycles. The second-order valence-electron chi connectivity index (χ2n) is 3.43. The SMILES string of the molecule is CCOC(=O)C(=O)Sc1cc(C)cc(C)c1. The van der Waals surface area contributed by atoms with Crippen LogP contribution in [0.2, 0.25) is 0 Å². The summed E-state index contributed by atoms with van der Waals surface area (Å²) < 4.78 is 4.63. The van der Waals surface area contributed by atoms with E-state index in [9.17, 15) is 9.59 Å². The van der Waals surface area contributed by atoms with Crippen LogP contribution in [0.15, 0.2) is 23.1 Å². The van der Waals surface area contributed by atoms with Gasteiger partial charge < -0.3 is 4.74 Å². The number of hydrogen-bond acceptors (Lipinski definition) is 4. The van der Waals surface area contributed by atoms with E-state index in [0.717, 1.165) is 27.8 Å². The van der Waals surface area contributed by atoms with E-state index in [1.165, 1.54) is 0 Å². The molecule has 0 aromatic heterocycles. The van der Waals surface area contributed by atoms with Crippen LogP contribution in [0.1, 0.15) is 18.1 Å². The number of aryl methyl sites for hydroxylation is 2. The van der Waals surface area contributed by atoms with Crippen molar-refractivity contribution in [3.8, 4) is 0 Å². The van der Waals surface area contributed by atoms with Gasteiger partial charge in [-0.15, -0.1) is 0 Å². The first kappa shape index (κ1) is 12.8. The van der Waals surface area contributed by atoms with Crippen LogP contribution in [0.4, 0.5) is 0 Å². The molecule has 0 bridgehead atoms. The maximum atomic E-state index is 11.4. The van der Waals surface area contributed by atoms with Gasteiger partial charge in [-0.25, -0.2) is 4.79 Å². The Kier molecular flexibility index (Phi) is 4.55. The topological polar surface area (TPSA) is 43.4 Å². The molecule has 3 nitrogen and oxygen atoms in total. The number of benzene rings is 1. The van der Waals surface area contributed by atoms with Gasteiger partial charge in [0.05, 0.1) is 6.61 Å². The maximum Gasteiger partial charge on any atom is 0.386 e. The Labute approximate surface area is 99.2 Å². The minimum Gasteiger partial charge on any atom is -0.460 e. The monoisotopic (exact) mass is 238 g/mol. The molecule has 0 aliphatic rings. The molecule has 0 fully saturated rings. The van der Waals surface area contributed by atoms with Crippen molar-refractivity contribution in [2.75, 3.05) is 6.61 Å². The van der Waals surface area contributed by atoms with Crippen LogP contribution in [0.25, 0.3) is 0 Å². The fourth-order valence-electron chi connectivity index (χ4n) is 1.33. The van der Waals surface area contributed by atoms with Crippen LogP contribution in [0, 0.1) is 13.8 Å². The lowest BCUT2D eigenvalue weighted by molar-refractivity contribution is -0.149. The van der Waals surface area contributed by atoms with E-state index in [4.69, 9.17) is 0 Å². The molecule has 1 aromatic rings. The highest BCUT2D eigenvalue weighted by Gasteiger charge is 2.16. The molecule has 0 N–H and O–H groups in total. The highest BCUT2D eigenvalue weighted by molar-refractivity contribution is 8.15. The Balaban J connectivity index is 2.73. The second-order valence-corrected chi connectivity index (χ2v) is 4.48. The summed E-state index contributed by atoms with van der Waals surface area (Å²) in [6.07, 6.45) is 0. The molecule has 0 atom stereocenters. The molecule has 0 unspecified atom stereocenters. The lowest BCUT2D eigenvalue weighted by Gasteiger charge is -2.03. The minimum absolute atomic E-state index is 0.220. The zero-order valence-corrected chi connectivity index (χ0v) is 10.4. The first-order valence-electron chi connectivity index (χ1n) is 5.00. The third kappa shape index (κ3) is 3.70. The first-order chi connectivity index (χ1) is 7.52. The molecule has 0 radical (unpaired) electrons. The molecule has 0 spiro atoms. The molecule has 0 saturated heterocycles. The zero-order valence-electron chi connectivity index (χ0n) is 9.57. The molecule has 16 heavy (non-hydrogen) atoms. The van der Waals surface area contributed by atoms with Gasteiger partial charge in [0.1, 0.15) is 0 Å². The summed E-state index contributed by atoms with van der Waals surface area (Å²) in [6, 6.07) is 5.75. The largest absolute Gasteiger partial charge is 0.460 e. The summed E-state index contributed by atoms with van der Waals surface area (Å²) in [5.74, 6) is -0.786. The van der Waals surface area contributed by atoms with Crippen molar-refractivity contribution in [2.24, 2.45) is 0 Å². The van der Waals surface area contributed by atoms with Crippen LogP contribution < -0.4 is 0 Å². The van der Waals surface area contributed by atoms with Gasteiger partial charge in [-0.3, -0.25) is 4.79 Å². The average Bonchev–Trinajstić information content (AvgIpc) is 2.16. The number of hydrogen-bond donors (Lipinski definition) is 0. The second kappa shape index (κ2) is 5.70. The van der Waals surface area contributed by atoms with Crippen LogP contribution in [-0.2, 0) is 14.3 Å². The molecule has 0 heterocycles. The fourth-order valence-corrected chi connectivity index (χ4v) is 2.18. The molecule has 1 aromatic carbocycles. The highest BCUT2D eigenvalue weighted by atomic mass is 32.2. The number of ether oxygens (including phenoxy) is 1. The standard InChI is InChI=1S/C12H14O3S/c1-4-15-11(13)12(14)16-10-6-8(2)5-9(3)7-10/h5-7H,4H2,1-3H3. The predicted octanol–water partition coefficient (Wildman–Crippen LogP) is 2.49. The van der Waals surface area contributed by atoms with E-state index in [2.05, 4.69) is 4.74 Å². The van der Waals surface area contributed by atoms with Gasteiger partial charge in [0.25, 0.3) is 0 Å². The molecular formula is C12H14O3S. The average molecular weight is 238 g/mol. The lowest BCUT2D eigenvalue weighted by Crippen LogP contribution is -2.13. The molecule has 0 saturated carbocycles. The summed E-state index contributed by atoms with van der Waals surface area (Å²) >= 11 is 0.907. The van der Waals surface area contributed by atoms with Crippen molar-refractivity contribution in [3.63, 3.8) is 0 Å². The Morgan fingerprint density at radius 1 is 1.19 bits per heavy atom. The van der Waals surface area contributed by atoms with Gasteiger partial charge in [-0.1, -0.05) is 6.07 Å². The van der Waals surface area contributed by atoms with Crippen LogP contribution >= 0.6 is 11.8 Å². The van der Waals surface area contributed by atoms with E-state index >= 15 is 0 Å². The smallest absolute Gasteiger partial charge is 0.386 e. The third-order valence-electron chi connectivity index (χ3n) is 1.85. The third-order valence-corrected chi connectivity index (χ3v) is 2.67. The molecule has 86 valence electrons. The number of rotatable bonds is 2. The zero-order chi connectivity index (χ0) is 12.1. The quantitative estimate of drug-likeness (QED) is 0.451. The van der Waals surface area contributed by atoms with Gasteiger partial charge in [0.15, 0.2) is 0 Å². The Bertz CT molecular complexity index is 392. The summed E-state index contributed by atoms with van der Waals surface area (Å²) in [6.45, 7) is 5.79. The number of thioether (sulfide) groups is 1. The van der Waals surface area contributed by atoms with Crippen LogP contribution in [0.5, 0.6) is 0 Å². The van der Waals surface area contributed by atoms with E-state index in [1.54, 1.807) is 6.92 Å². The van der Waals surface area contributed by atoms with Crippen LogP contribution in [-0.4, -0.2) is 17.7 Å². The van der Waals surface area contributed by atoms with Crippen LogP contribution in [0.3, 0.4) is 0 Å². The first-order valence-corrected chi connectivity index (χ1v) is 5.81. The van der Waals surface area contributed by atoms with E-state index in [1.807, 2.05) is 32.0 Å². The number of esters is 1. The number of carbonyl (C=O) groups excluding carboxylic acids is 2. The van der Waals surface area contributed by atoms with Crippen molar-refractivity contribution in [2.45, 2.75) is 25.7 Å².